The molecule has 1 aliphatic heterocycles. The van der Waals surface area contributed by atoms with E-state index in [4.69, 9.17) is 9.16 Å². The number of aliphatic hydroxyl groups is 1. The molecular weight excluding hydrogens is 508 g/mol. The van der Waals surface area contributed by atoms with Crippen LogP contribution >= 0.6 is 0 Å². The fourth-order valence-corrected chi connectivity index (χ4v) is 13.8. The minimum Gasteiger partial charge on any atom is -0.407 e. The Bertz CT molecular complexity index is 1110. The summed E-state index contributed by atoms with van der Waals surface area (Å²) in [6.07, 6.45) is 7.96. The van der Waals surface area contributed by atoms with Crippen LogP contribution in [0.4, 0.5) is 0 Å². The van der Waals surface area contributed by atoms with E-state index >= 15 is 0 Å². The molecule has 0 aromatic heterocycles. The Morgan fingerprint density at radius 2 is 1.45 bits per heavy atom. The quantitative estimate of drug-likeness (QED) is 0.254. The molecule has 0 spiro atoms. The van der Waals surface area contributed by atoms with E-state index in [9.17, 15) is 5.11 Å². The van der Waals surface area contributed by atoms with E-state index in [2.05, 4.69) is 109 Å². The van der Waals surface area contributed by atoms with Crippen molar-refractivity contribution >= 4 is 18.7 Å². The van der Waals surface area contributed by atoms with Crippen molar-refractivity contribution < 1.29 is 14.3 Å². The number of epoxide rings is 1. The van der Waals surface area contributed by atoms with Crippen molar-refractivity contribution in [2.75, 3.05) is 6.61 Å². The standard InChI is InChI=1S/C36H54O3Si/c1-32(2,3)40(27-16-11-9-12-17-27,28-18-13-10-14-19-28)38-25-24-34(6,37)23-20-29-35(7)22-15-21-33(4,5)30(35)26-31-36(29,8)39-31/h9-14,16-19,29-31,37H,15,20-26H2,1-8H3/t29-,30+,31-,34+,35-,36+/m1/s1. The van der Waals surface area contributed by atoms with E-state index in [0.29, 0.717) is 36.4 Å². The summed E-state index contributed by atoms with van der Waals surface area (Å²) in [6, 6.07) is 21.6. The van der Waals surface area contributed by atoms with E-state index in [0.717, 1.165) is 12.8 Å². The summed E-state index contributed by atoms with van der Waals surface area (Å²) in [5, 5.41) is 14.3. The van der Waals surface area contributed by atoms with Gasteiger partial charge in [0, 0.05) is 6.61 Å². The Balaban J connectivity index is 1.32. The predicted molar refractivity (Wildman–Crippen MR) is 169 cm³/mol. The van der Waals surface area contributed by atoms with Crippen LogP contribution in [0.5, 0.6) is 0 Å². The highest BCUT2D eigenvalue weighted by molar-refractivity contribution is 6.99. The van der Waals surface area contributed by atoms with Crippen LogP contribution in [0.15, 0.2) is 60.7 Å². The van der Waals surface area contributed by atoms with Gasteiger partial charge in [0.2, 0.25) is 0 Å². The van der Waals surface area contributed by atoms with Crippen LogP contribution in [0.2, 0.25) is 5.04 Å². The maximum atomic E-state index is 11.7. The van der Waals surface area contributed by atoms with Crippen molar-refractivity contribution in [3.63, 3.8) is 0 Å². The summed E-state index contributed by atoms with van der Waals surface area (Å²) in [5.74, 6) is 1.19. The zero-order chi connectivity index (χ0) is 29.0. The molecule has 1 saturated heterocycles. The normalized spacial score (nSPS) is 33.0. The van der Waals surface area contributed by atoms with Crippen LogP contribution in [-0.4, -0.2) is 37.3 Å². The molecule has 5 rings (SSSR count). The molecule has 4 heteroatoms. The lowest BCUT2D eigenvalue weighted by atomic mass is 9.46. The van der Waals surface area contributed by atoms with E-state index in [1.165, 1.54) is 36.1 Å². The average molecular weight is 563 g/mol. The van der Waals surface area contributed by atoms with Gasteiger partial charge in [-0.2, -0.15) is 0 Å². The first-order chi connectivity index (χ1) is 18.7. The van der Waals surface area contributed by atoms with Crippen LogP contribution in [0.3, 0.4) is 0 Å². The zero-order valence-corrected chi connectivity index (χ0v) is 27.4. The Hall–Kier alpha value is -1.46. The second kappa shape index (κ2) is 10.4. The molecule has 40 heavy (non-hydrogen) atoms. The first-order valence-electron chi connectivity index (χ1n) is 15.8. The van der Waals surface area contributed by atoms with Gasteiger partial charge in [0.1, 0.15) is 0 Å². The molecule has 6 atom stereocenters. The molecule has 0 radical (unpaired) electrons. The van der Waals surface area contributed by atoms with Gasteiger partial charge < -0.3 is 14.3 Å². The van der Waals surface area contributed by atoms with Crippen molar-refractivity contribution in [3.05, 3.63) is 60.7 Å². The molecular formula is C36H54O3Si. The largest absolute Gasteiger partial charge is 0.407 e. The third-order valence-electron chi connectivity index (χ3n) is 11.5. The molecule has 3 fully saturated rings. The second-order valence-electron chi connectivity index (χ2n) is 15.8. The molecule has 2 aromatic rings. The number of hydrogen-bond donors (Lipinski definition) is 1. The van der Waals surface area contributed by atoms with Crippen LogP contribution in [0.25, 0.3) is 0 Å². The average Bonchev–Trinajstić information content (AvgIpc) is 3.55. The molecule has 3 nitrogen and oxygen atoms in total. The van der Waals surface area contributed by atoms with Crippen molar-refractivity contribution in [3.8, 4) is 0 Å². The van der Waals surface area contributed by atoms with Gasteiger partial charge in [-0.05, 0) is 90.4 Å². The summed E-state index contributed by atoms with van der Waals surface area (Å²) in [6.45, 7) is 19.4. The Morgan fingerprint density at radius 3 is 2.00 bits per heavy atom. The molecule has 220 valence electrons. The van der Waals surface area contributed by atoms with Crippen LogP contribution < -0.4 is 10.4 Å². The zero-order valence-electron chi connectivity index (χ0n) is 26.4. The number of benzene rings is 2. The monoisotopic (exact) mass is 562 g/mol. The molecule has 2 saturated carbocycles. The third-order valence-corrected chi connectivity index (χ3v) is 16.6. The fraction of sp³-hybridized carbons (Fsp3) is 0.667. The third kappa shape index (κ3) is 5.16. The van der Waals surface area contributed by atoms with Gasteiger partial charge in [0.05, 0.1) is 17.3 Å². The van der Waals surface area contributed by atoms with Crippen molar-refractivity contribution in [1.82, 2.24) is 0 Å². The lowest BCUT2D eigenvalue weighted by Gasteiger charge is -2.58. The molecule has 2 aromatic carbocycles. The Labute approximate surface area is 245 Å². The van der Waals surface area contributed by atoms with Gasteiger partial charge in [0.15, 0.2) is 0 Å². The predicted octanol–water partition coefficient (Wildman–Crippen LogP) is 7.49. The van der Waals surface area contributed by atoms with Crippen LogP contribution in [0.1, 0.15) is 100 Å². The maximum Gasteiger partial charge on any atom is 0.261 e. The van der Waals surface area contributed by atoms with Gasteiger partial charge in [-0.1, -0.05) is 109 Å². The van der Waals surface area contributed by atoms with Crippen molar-refractivity contribution in [2.45, 2.75) is 123 Å². The van der Waals surface area contributed by atoms with Crippen LogP contribution in [0, 0.1) is 22.7 Å². The minimum absolute atomic E-state index is 0.0137. The molecule has 2 aliphatic carbocycles. The van der Waals surface area contributed by atoms with Gasteiger partial charge >= 0.3 is 0 Å². The molecule has 1 heterocycles. The fourth-order valence-electron chi connectivity index (χ4n) is 9.28. The number of ether oxygens (including phenoxy) is 1. The van der Waals surface area contributed by atoms with Gasteiger partial charge in [-0.15, -0.1) is 0 Å². The van der Waals surface area contributed by atoms with Crippen molar-refractivity contribution in [1.29, 1.82) is 0 Å². The van der Waals surface area contributed by atoms with Gasteiger partial charge in [-0.3, -0.25) is 0 Å². The first-order valence-corrected chi connectivity index (χ1v) is 17.7. The summed E-state index contributed by atoms with van der Waals surface area (Å²) < 4.78 is 13.6. The molecule has 1 N–H and O–H groups in total. The minimum atomic E-state index is -2.60. The number of rotatable bonds is 9. The highest BCUT2D eigenvalue weighted by Crippen LogP contribution is 2.68. The van der Waals surface area contributed by atoms with Gasteiger partial charge in [0.25, 0.3) is 8.32 Å². The Kier molecular flexibility index (Phi) is 7.77. The SMILES string of the molecule is CC1(C)CCC[C@]2(C)[C@@H](CC[C@](C)(O)CCO[Si](c3ccccc3)(c3ccccc3)C(C)(C)C)[C@]3(C)O[C@@H]3C[C@@H]12. The lowest BCUT2D eigenvalue weighted by Crippen LogP contribution is -2.66. The topological polar surface area (TPSA) is 42.0 Å². The summed E-state index contributed by atoms with van der Waals surface area (Å²) in [4.78, 5) is 0. The van der Waals surface area contributed by atoms with Gasteiger partial charge in [-0.25, -0.2) is 0 Å². The smallest absolute Gasteiger partial charge is 0.261 e. The second-order valence-corrected chi connectivity index (χ2v) is 20.1. The maximum absolute atomic E-state index is 11.7. The van der Waals surface area contributed by atoms with E-state index in [-0.39, 0.29) is 16.1 Å². The molecule has 3 aliphatic rings. The summed E-state index contributed by atoms with van der Waals surface area (Å²) in [5.41, 5.74) is -0.143. The lowest BCUT2D eigenvalue weighted by molar-refractivity contribution is -0.0874. The molecule has 0 unspecified atom stereocenters. The highest BCUT2D eigenvalue weighted by Gasteiger charge is 2.69. The molecule has 0 bridgehead atoms. The van der Waals surface area contributed by atoms with E-state index in [1.807, 2.05) is 6.92 Å². The van der Waals surface area contributed by atoms with Crippen LogP contribution in [-0.2, 0) is 9.16 Å². The van der Waals surface area contributed by atoms with Crippen molar-refractivity contribution in [2.24, 2.45) is 22.7 Å². The highest BCUT2D eigenvalue weighted by atomic mass is 28.4. The van der Waals surface area contributed by atoms with E-state index in [1.54, 1.807) is 0 Å². The summed E-state index contributed by atoms with van der Waals surface area (Å²) >= 11 is 0. The molecule has 0 amide bonds. The summed E-state index contributed by atoms with van der Waals surface area (Å²) in [7, 11) is -2.60. The Morgan fingerprint density at radius 1 is 0.875 bits per heavy atom. The van der Waals surface area contributed by atoms with E-state index < -0.39 is 13.9 Å². The first kappa shape index (κ1) is 30.0. The number of hydrogen-bond acceptors (Lipinski definition) is 3. The number of fused-ring (bicyclic) bond motifs is 2.